The molecule has 0 radical (unpaired) electrons. The van der Waals surface area contributed by atoms with Crippen molar-refractivity contribution in [2.45, 2.75) is 19.8 Å². The molecule has 114 valence electrons. The molecule has 0 atom stereocenters. The van der Waals surface area contributed by atoms with Crippen LogP contribution < -0.4 is 11.1 Å². The number of anilines is 1. The lowest BCUT2D eigenvalue weighted by molar-refractivity contribution is -0.116. The Hall–Kier alpha value is -1.81. The maximum atomic E-state index is 11.7. The van der Waals surface area contributed by atoms with Gasteiger partial charge in [-0.05, 0) is 55.6 Å². The van der Waals surface area contributed by atoms with Crippen molar-refractivity contribution in [1.82, 2.24) is 10.2 Å². The Balaban J connectivity index is 1.68. The van der Waals surface area contributed by atoms with Crippen LogP contribution in [0.3, 0.4) is 0 Å². The molecule has 21 heavy (non-hydrogen) atoms. The number of piperidine rings is 1. The van der Waals surface area contributed by atoms with Gasteiger partial charge in [-0.1, -0.05) is 19.1 Å². The van der Waals surface area contributed by atoms with Gasteiger partial charge in [-0.2, -0.15) is 0 Å². The Morgan fingerprint density at radius 3 is 2.90 bits per heavy atom. The maximum absolute atomic E-state index is 11.7. The molecule has 0 bridgehead atoms. The molecule has 1 amide bonds. The molecule has 2 rings (SSSR count). The molecule has 1 fully saturated rings. The zero-order valence-corrected chi connectivity index (χ0v) is 12.7. The second kappa shape index (κ2) is 7.84. The topological polar surface area (TPSA) is 58.4 Å². The van der Waals surface area contributed by atoms with Gasteiger partial charge in [-0.15, -0.1) is 0 Å². The SMILES string of the molecule is CC1CCN(CCNC(=O)/C=C/c2cccc(N)c2)CC1. The largest absolute Gasteiger partial charge is 0.399 e. The number of nitrogens with one attached hydrogen (secondary N) is 1. The van der Waals surface area contributed by atoms with Crippen LogP contribution in [0.5, 0.6) is 0 Å². The third kappa shape index (κ3) is 5.60. The van der Waals surface area contributed by atoms with Crippen molar-refractivity contribution >= 4 is 17.7 Å². The summed E-state index contributed by atoms with van der Waals surface area (Å²) in [5.74, 6) is 0.792. The van der Waals surface area contributed by atoms with Gasteiger partial charge in [0.1, 0.15) is 0 Å². The molecule has 0 aliphatic carbocycles. The number of amides is 1. The van der Waals surface area contributed by atoms with Crippen LogP contribution in [0, 0.1) is 5.92 Å². The normalized spacial score (nSPS) is 17.2. The van der Waals surface area contributed by atoms with E-state index in [0.717, 1.165) is 31.1 Å². The van der Waals surface area contributed by atoms with E-state index >= 15 is 0 Å². The van der Waals surface area contributed by atoms with E-state index in [1.807, 2.05) is 24.3 Å². The predicted octanol–water partition coefficient (Wildman–Crippen LogP) is 2.13. The van der Waals surface area contributed by atoms with Crippen molar-refractivity contribution in [1.29, 1.82) is 0 Å². The first kappa shape index (κ1) is 15.6. The highest BCUT2D eigenvalue weighted by Crippen LogP contribution is 2.15. The van der Waals surface area contributed by atoms with Crippen molar-refractivity contribution in [2.75, 3.05) is 31.9 Å². The number of hydrogen-bond donors (Lipinski definition) is 2. The molecule has 1 aromatic rings. The lowest BCUT2D eigenvalue weighted by Gasteiger charge is -2.29. The van der Waals surface area contributed by atoms with E-state index in [-0.39, 0.29) is 5.91 Å². The van der Waals surface area contributed by atoms with Crippen LogP contribution in [-0.4, -0.2) is 37.0 Å². The summed E-state index contributed by atoms with van der Waals surface area (Å²) in [6, 6.07) is 7.48. The molecule has 0 aromatic heterocycles. The van der Waals surface area contributed by atoms with Crippen LogP contribution in [0.2, 0.25) is 0 Å². The predicted molar refractivity (Wildman–Crippen MR) is 87.7 cm³/mol. The summed E-state index contributed by atoms with van der Waals surface area (Å²) in [7, 11) is 0. The van der Waals surface area contributed by atoms with Crippen molar-refractivity contribution in [3.8, 4) is 0 Å². The zero-order valence-electron chi connectivity index (χ0n) is 12.7. The van der Waals surface area contributed by atoms with E-state index < -0.39 is 0 Å². The van der Waals surface area contributed by atoms with Gasteiger partial charge in [0.25, 0.3) is 0 Å². The molecular formula is C17H25N3O. The summed E-state index contributed by atoms with van der Waals surface area (Å²) in [5.41, 5.74) is 7.34. The highest BCUT2D eigenvalue weighted by Gasteiger charge is 2.14. The lowest BCUT2D eigenvalue weighted by Crippen LogP contribution is -2.38. The molecule has 0 spiro atoms. The van der Waals surface area contributed by atoms with Gasteiger partial charge in [0, 0.05) is 24.9 Å². The highest BCUT2D eigenvalue weighted by molar-refractivity contribution is 5.91. The molecule has 4 nitrogen and oxygen atoms in total. The first-order chi connectivity index (χ1) is 10.1. The van der Waals surface area contributed by atoms with Crippen LogP contribution in [0.15, 0.2) is 30.3 Å². The molecule has 0 unspecified atom stereocenters. The summed E-state index contributed by atoms with van der Waals surface area (Å²) in [6.45, 7) is 6.24. The van der Waals surface area contributed by atoms with Crippen molar-refractivity contribution in [3.05, 3.63) is 35.9 Å². The van der Waals surface area contributed by atoms with Crippen molar-refractivity contribution < 1.29 is 4.79 Å². The third-order valence-corrected chi connectivity index (χ3v) is 3.94. The Morgan fingerprint density at radius 2 is 2.19 bits per heavy atom. The molecule has 1 saturated heterocycles. The summed E-state index contributed by atoms with van der Waals surface area (Å²) >= 11 is 0. The number of nitrogen functional groups attached to an aromatic ring is 1. The van der Waals surface area contributed by atoms with Crippen LogP contribution >= 0.6 is 0 Å². The average Bonchev–Trinajstić information content (AvgIpc) is 2.47. The zero-order chi connectivity index (χ0) is 15.1. The smallest absolute Gasteiger partial charge is 0.244 e. The number of carbonyl (C=O) groups is 1. The van der Waals surface area contributed by atoms with Crippen LogP contribution in [-0.2, 0) is 4.79 Å². The minimum Gasteiger partial charge on any atom is -0.399 e. The summed E-state index contributed by atoms with van der Waals surface area (Å²) < 4.78 is 0. The monoisotopic (exact) mass is 287 g/mol. The van der Waals surface area contributed by atoms with Gasteiger partial charge in [0.15, 0.2) is 0 Å². The molecule has 0 saturated carbocycles. The first-order valence-corrected chi connectivity index (χ1v) is 7.67. The maximum Gasteiger partial charge on any atom is 0.244 e. The van der Waals surface area contributed by atoms with E-state index in [4.69, 9.17) is 5.73 Å². The van der Waals surface area contributed by atoms with E-state index in [1.165, 1.54) is 12.8 Å². The van der Waals surface area contributed by atoms with Gasteiger partial charge in [-0.3, -0.25) is 4.79 Å². The molecular weight excluding hydrogens is 262 g/mol. The summed E-state index contributed by atoms with van der Waals surface area (Å²) in [5, 5.41) is 2.93. The van der Waals surface area contributed by atoms with Crippen molar-refractivity contribution in [2.24, 2.45) is 5.92 Å². The molecule has 1 aliphatic heterocycles. The van der Waals surface area contributed by atoms with Gasteiger partial charge >= 0.3 is 0 Å². The highest BCUT2D eigenvalue weighted by atomic mass is 16.1. The number of nitrogens with zero attached hydrogens (tertiary/aromatic N) is 1. The Kier molecular flexibility index (Phi) is 5.81. The standard InChI is InChI=1S/C17H25N3O/c1-14-7-10-20(11-8-14)12-9-19-17(21)6-5-15-3-2-4-16(18)13-15/h2-6,13-14H,7-12,18H2,1H3,(H,19,21)/b6-5+. The van der Waals surface area contributed by atoms with Gasteiger partial charge in [0.05, 0.1) is 0 Å². The number of hydrogen-bond acceptors (Lipinski definition) is 3. The molecule has 3 N–H and O–H groups in total. The minimum atomic E-state index is -0.0530. The third-order valence-electron chi connectivity index (χ3n) is 3.94. The lowest BCUT2D eigenvalue weighted by atomic mass is 9.99. The van der Waals surface area contributed by atoms with Crippen molar-refractivity contribution in [3.63, 3.8) is 0 Å². The molecule has 1 aliphatic rings. The fourth-order valence-electron chi connectivity index (χ4n) is 2.52. The van der Waals surface area contributed by atoms with Gasteiger partial charge in [0.2, 0.25) is 5.91 Å². The Labute approximate surface area is 127 Å². The van der Waals surface area contributed by atoms with Crippen LogP contribution in [0.25, 0.3) is 6.08 Å². The average molecular weight is 287 g/mol. The Morgan fingerprint density at radius 1 is 1.43 bits per heavy atom. The quantitative estimate of drug-likeness (QED) is 0.644. The van der Waals surface area contributed by atoms with E-state index in [9.17, 15) is 4.79 Å². The summed E-state index contributed by atoms with van der Waals surface area (Å²) in [4.78, 5) is 14.2. The number of likely N-dealkylation sites (tertiary alicyclic amines) is 1. The molecule has 4 heteroatoms. The fourth-order valence-corrected chi connectivity index (χ4v) is 2.52. The number of benzene rings is 1. The fraction of sp³-hybridized carbons (Fsp3) is 0.471. The summed E-state index contributed by atoms with van der Waals surface area (Å²) in [6.07, 6.45) is 5.88. The van der Waals surface area contributed by atoms with E-state index in [1.54, 1.807) is 12.2 Å². The van der Waals surface area contributed by atoms with Gasteiger partial charge in [-0.25, -0.2) is 0 Å². The molecule has 1 heterocycles. The van der Waals surface area contributed by atoms with Crippen LogP contribution in [0.1, 0.15) is 25.3 Å². The van der Waals surface area contributed by atoms with E-state index in [0.29, 0.717) is 12.2 Å². The van der Waals surface area contributed by atoms with Gasteiger partial charge < -0.3 is 16.0 Å². The van der Waals surface area contributed by atoms with E-state index in [2.05, 4.69) is 17.1 Å². The number of carbonyl (C=O) groups excluding carboxylic acids is 1. The second-order valence-electron chi connectivity index (χ2n) is 5.82. The second-order valence-corrected chi connectivity index (χ2v) is 5.82. The molecule has 1 aromatic carbocycles. The number of nitrogens with two attached hydrogens (primary N) is 1. The number of rotatable bonds is 5. The minimum absolute atomic E-state index is 0.0530. The first-order valence-electron chi connectivity index (χ1n) is 7.67. The Bertz CT molecular complexity index is 491. The van der Waals surface area contributed by atoms with Crippen LogP contribution in [0.4, 0.5) is 5.69 Å².